The molecule has 156 valence electrons. The third-order valence-corrected chi connectivity index (χ3v) is 5.10. The highest BCUT2D eigenvalue weighted by Gasteiger charge is 2.34. The van der Waals surface area contributed by atoms with Gasteiger partial charge in [-0.1, -0.05) is 0 Å². The number of carbonyl (C=O) groups is 1. The van der Waals surface area contributed by atoms with Gasteiger partial charge in [0.1, 0.15) is 6.07 Å². The van der Waals surface area contributed by atoms with Crippen LogP contribution in [-0.2, 0) is 0 Å². The summed E-state index contributed by atoms with van der Waals surface area (Å²) in [5.74, 6) is -0.978. The molecule has 1 atom stereocenters. The minimum absolute atomic E-state index is 0.00712. The number of imidazole rings is 1. The fourth-order valence-electron chi connectivity index (χ4n) is 3.48. The number of hydrogen-bond acceptors (Lipinski definition) is 7. The molecule has 0 saturated carbocycles. The van der Waals surface area contributed by atoms with Gasteiger partial charge in [-0.15, -0.1) is 0 Å². The average Bonchev–Trinajstić information content (AvgIpc) is 3.10. The number of nitriles is 1. The number of fused-ring (bicyclic) bond motifs is 1. The molecule has 3 aromatic heterocycles. The monoisotopic (exact) mass is 407 g/mol. The van der Waals surface area contributed by atoms with E-state index in [0.29, 0.717) is 34.7 Å². The van der Waals surface area contributed by atoms with Crippen molar-refractivity contribution in [3.63, 3.8) is 0 Å². The Labute approximate surface area is 174 Å². The van der Waals surface area contributed by atoms with E-state index in [1.165, 1.54) is 12.4 Å². The summed E-state index contributed by atoms with van der Waals surface area (Å²) in [6.45, 7) is 7.82. The molecule has 0 aliphatic carbocycles. The van der Waals surface area contributed by atoms with E-state index in [9.17, 15) is 9.90 Å². The molecule has 1 unspecified atom stereocenters. The molecule has 0 spiro atoms. The fraction of sp³-hybridized carbons (Fsp3) is 0.381. The van der Waals surface area contributed by atoms with Crippen molar-refractivity contribution in [2.45, 2.75) is 45.3 Å². The first-order chi connectivity index (χ1) is 14.1. The van der Waals surface area contributed by atoms with E-state index < -0.39 is 17.4 Å². The third kappa shape index (κ3) is 4.09. The van der Waals surface area contributed by atoms with Crippen molar-refractivity contribution in [3.05, 3.63) is 53.7 Å². The van der Waals surface area contributed by atoms with Gasteiger partial charge in [0.2, 0.25) is 0 Å². The van der Waals surface area contributed by atoms with Crippen molar-refractivity contribution < 1.29 is 9.90 Å². The number of aliphatic hydroxyl groups is 1. The second-order valence-electron chi connectivity index (χ2n) is 8.02. The lowest BCUT2D eigenvalue weighted by atomic mass is 9.87. The molecule has 3 N–H and O–H groups in total. The zero-order valence-corrected chi connectivity index (χ0v) is 17.4. The Bertz CT molecular complexity index is 1110. The van der Waals surface area contributed by atoms with Crippen molar-refractivity contribution in [2.75, 3.05) is 11.4 Å². The van der Waals surface area contributed by atoms with Crippen molar-refractivity contribution in [1.29, 1.82) is 5.26 Å². The van der Waals surface area contributed by atoms with Crippen LogP contribution in [0.1, 0.15) is 55.2 Å². The second kappa shape index (κ2) is 8.08. The van der Waals surface area contributed by atoms with Crippen molar-refractivity contribution >= 4 is 17.2 Å². The van der Waals surface area contributed by atoms with E-state index in [4.69, 9.17) is 11.0 Å². The van der Waals surface area contributed by atoms with Gasteiger partial charge in [0.15, 0.2) is 5.65 Å². The topological polar surface area (TPSA) is 133 Å². The lowest BCUT2D eigenvalue weighted by Gasteiger charge is -2.37. The van der Waals surface area contributed by atoms with Crippen LogP contribution in [0.5, 0.6) is 0 Å². The lowest BCUT2D eigenvalue weighted by molar-refractivity contribution is 0.0494. The van der Waals surface area contributed by atoms with Crippen LogP contribution in [0.2, 0.25) is 0 Å². The van der Waals surface area contributed by atoms with Crippen LogP contribution < -0.4 is 10.6 Å². The number of carbonyl (C=O) groups excluding carboxylic acids is 1. The summed E-state index contributed by atoms with van der Waals surface area (Å²) in [4.78, 5) is 22.3. The summed E-state index contributed by atoms with van der Waals surface area (Å²) in [6, 6.07) is 5.45. The van der Waals surface area contributed by atoms with E-state index in [0.717, 1.165) is 0 Å². The van der Waals surface area contributed by atoms with Gasteiger partial charge in [0, 0.05) is 37.0 Å². The molecule has 3 aromatic rings. The van der Waals surface area contributed by atoms with E-state index in [2.05, 4.69) is 21.1 Å². The van der Waals surface area contributed by atoms with Crippen LogP contribution in [0.25, 0.3) is 5.65 Å². The van der Waals surface area contributed by atoms with Crippen molar-refractivity contribution in [3.8, 4) is 6.07 Å². The Hall–Kier alpha value is -3.51. The molecule has 0 aliphatic heterocycles. The number of pyridine rings is 1. The van der Waals surface area contributed by atoms with Crippen LogP contribution in [0.15, 0.2) is 36.9 Å². The molecular weight excluding hydrogens is 382 g/mol. The first kappa shape index (κ1) is 21.2. The quantitative estimate of drug-likeness (QED) is 0.610. The highest BCUT2D eigenvalue weighted by Crippen LogP contribution is 2.33. The van der Waals surface area contributed by atoms with Gasteiger partial charge in [0.05, 0.1) is 40.5 Å². The Balaban J connectivity index is 2.09. The van der Waals surface area contributed by atoms with Gasteiger partial charge in [-0.3, -0.25) is 9.78 Å². The van der Waals surface area contributed by atoms with Crippen LogP contribution >= 0.6 is 0 Å². The zero-order chi connectivity index (χ0) is 22.1. The molecule has 0 fully saturated rings. The Kier molecular flexibility index (Phi) is 5.71. The van der Waals surface area contributed by atoms with E-state index in [-0.39, 0.29) is 6.04 Å². The average molecular weight is 407 g/mol. The molecule has 9 heteroatoms. The van der Waals surface area contributed by atoms with Gasteiger partial charge in [-0.25, -0.2) is 9.50 Å². The maximum Gasteiger partial charge on any atom is 0.252 e. The highest BCUT2D eigenvalue weighted by atomic mass is 16.3. The SMILES string of the molecule is CC(C)N(CC(c1cnc2cc(C#N)cnn12)C(C)(C)O)c1ccncc1C(N)=O. The van der Waals surface area contributed by atoms with Gasteiger partial charge in [0.25, 0.3) is 5.91 Å². The minimum Gasteiger partial charge on any atom is -0.390 e. The molecule has 0 aliphatic rings. The summed E-state index contributed by atoms with van der Waals surface area (Å²) in [7, 11) is 0. The maximum absolute atomic E-state index is 12.0. The van der Waals surface area contributed by atoms with Gasteiger partial charge in [-0.05, 0) is 33.8 Å². The summed E-state index contributed by atoms with van der Waals surface area (Å²) in [6.07, 6.45) is 6.18. The smallest absolute Gasteiger partial charge is 0.252 e. The van der Waals surface area contributed by atoms with Crippen LogP contribution in [-0.4, -0.2) is 48.8 Å². The highest BCUT2D eigenvalue weighted by molar-refractivity contribution is 5.98. The summed E-state index contributed by atoms with van der Waals surface area (Å²) in [5, 5.41) is 24.5. The number of primary amides is 1. The molecule has 0 radical (unpaired) electrons. The van der Waals surface area contributed by atoms with Crippen LogP contribution in [0, 0.1) is 11.3 Å². The van der Waals surface area contributed by atoms with Gasteiger partial charge in [-0.2, -0.15) is 10.4 Å². The van der Waals surface area contributed by atoms with E-state index in [1.807, 2.05) is 18.7 Å². The lowest BCUT2D eigenvalue weighted by Crippen LogP contribution is -2.43. The number of nitrogens with two attached hydrogens (primary N) is 1. The first-order valence-corrected chi connectivity index (χ1v) is 9.60. The minimum atomic E-state index is -1.13. The standard InChI is InChI=1S/C21H25N7O2/c1-13(2)27(17-5-6-24-10-15(17)20(23)29)12-16(21(3,4)30)18-11-25-19-7-14(8-22)9-26-28(18)19/h5-7,9-11,13,16,30H,12H2,1-4H3,(H2,23,29). The zero-order valence-electron chi connectivity index (χ0n) is 17.4. The predicted octanol–water partition coefficient (Wildman–Crippen LogP) is 1.86. The van der Waals surface area contributed by atoms with Gasteiger partial charge < -0.3 is 15.7 Å². The number of anilines is 1. The normalized spacial score (nSPS) is 12.7. The largest absolute Gasteiger partial charge is 0.390 e. The summed E-state index contributed by atoms with van der Waals surface area (Å²) < 4.78 is 1.63. The molecule has 9 nitrogen and oxygen atoms in total. The molecule has 0 saturated heterocycles. The predicted molar refractivity (Wildman–Crippen MR) is 112 cm³/mol. The summed E-state index contributed by atoms with van der Waals surface area (Å²) >= 11 is 0. The molecular formula is C21H25N7O2. The van der Waals surface area contributed by atoms with E-state index >= 15 is 0 Å². The molecule has 1 amide bonds. The Morgan fingerprint density at radius 2 is 2.10 bits per heavy atom. The first-order valence-electron chi connectivity index (χ1n) is 9.60. The second-order valence-corrected chi connectivity index (χ2v) is 8.02. The number of amides is 1. The molecule has 0 bridgehead atoms. The maximum atomic E-state index is 12.0. The number of aromatic nitrogens is 4. The van der Waals surface area contributed by atoms with Crippen molar-refractivity contribution in [2.24, 2.45) is 5.73 Å². The molecule has 3 rings (SSSR count). The van der Waals surface area contributed by atoms with Crippen LogP contribution in [0.3, 0.4) is 0 Å². The number of nitrogens with zero attached hydrogens (tertiary/aromatic N) is 6. The van der Waals surface area contributed by atoms with Crippen LogP contribution in [0.4, 0.5) is 5.69 Å². The Morgan fingerprint density at radius 3 is 2.70 bits per heavy atom. The molecule has 3 heterocycles. The third-order valence-electron chi connectivity index (χ3n) is 5.10. The summed E-state index contributed by atoms with van der Waals surface area (Å²) in [5.41, 5.74) is 7.03. The van der Waals surface area contributed by atoms with Crippen molar-refractivity contribution in [1.82, 2.24) is 19.6 Å². The number of hydrogen-bond donors (Lipinski definition) is 2. The fourth-order valence-corrected chi connectivity index (χ4v) is 3.48. The Morgan fingerprint density at radius 1 is 1.37 bits per heavy atom. The van der Waals surface area contributed by atoms with Gasteiger partial charge >= 0.3 is 0 Å². The molecule has 0 aromatic carbocycles. The number of rotatable bonds is 7. The molecule has 30 heavy (non-hydrogen) atoms. The van der Waals surface area contributed by atoms with E-state index in [1.54, 1.807) is 42.9 Å².